The van der Waals surface area contributed by atoms with Crippen LogP contribution in [0.15, 0.2) is 30.3 Å². The number of carbonyl (C=O) groups excluding carboxylic acids is 2. The number of nitrogens with two attached hydrogens (primary N) is 1. The highest BCUT2D eigenvalue weighted by molar-refractivity contribution is 5.85. The summed E-state index contributed by atoms with van der Waals surface area (Å²) in [5.74, 6) is -0.515. The summed E-state index contributed by atoms with van der Waals surface area (Å²) in [7, 11) is 1.00. The van der Waals surface area contributed by atoms with Gasteiger partial charge in [0.15, 0.2) is 0 Å². The van der Waals surface area contributed by atoms with E-state index in [9.17, 15) is 9.59 Å². The van der Waals surface area contributed by atoms with Gasteiger partial charge in [-0.25, -0.2) is 4.79 Å². The molecule has 124 valence electrons. The highest BCUT2D eigenvalue weighted by atomic mass is 16.5. The van der Waals surface area contributed by atoms with E-state index in [4.69, 9.17) is 15.6 Å². The zero-order valence-electron chi connectivity index (χ0n) is 13.4. The number of nitrogens with one attached hydrogen (secondary N) is 1. The number of carbonyl (C=O) groups is 2. The van der Waals surface area contributed by atoms with Crippen molar-refractivity contribution in [3.8, 4) is 0 Å². The fourth-order valence-corrected chi connectivity index (χ4v) is 1.77. The van der Waals surface area contributed by atoms with Crippen LogP contribution in [0.3, 0.4) is 0 Å². The number of aliphatic hydroxyl groups excluding tert-OH is 1. The second kappa shape index (κ2) is 11.7. The lowest BCUT2D eigenvalue weighted by Crippen LogP contribution is -2.45. The molecule has 6 heteroatoms. The van der Waals surface area contributed by atoms with Gasteiger partial charge in [-0.05, 0) is 17.9 Å². The van der Waals surface area contributed by atoms with E-state index in [1.165, 1.54) is 0 Å². The highest BCUT2D eigenvalue weighted by Crippen LogP contribution is 2.08. The lowest BCUT2D eigenvalue weighted by molar-refractivity contribution is -0.149. The quantitative estimate of drug-likeness (QED) is 0.647. The van der Waals surface area contributed by atoms with Crippen molar-refractivity contribution < 1.29 is 19.4 Å². The predicted octanol–water partition coefficient (Wildman–Crippen LogP) is 0.828. The van der Waals surface area contributed by atoms with Crippen molar-refractivity contribution in [2.45, 2.75) is 32.9 Å². The zero-order chi connectivity index (χ0) is 17.0. The summed E-state index contributed by atoms with van der Waals surface area (Å²) in [6, 6.07) is 8.77. The first-order chi connectivity index (χ1) is 10.5. The first kappa shape index (κ1) is 20.1. The van der Waals surface area contributed by atoms with Crippen LogP contribution in [0.2, 0.25) is 0 Å². The summed E-state index contributed by atoms with van der Waals surface area (Å²) in [5.41, 5.74) is 6.16. The molecule has 0 aliphatic rings. The standard InChI is InChI=1S/C15H22N2O3.CH4O/c1-11(2)8-13(17-14(18)9-16)15(19)20-10-12-6-4-3-5-7-12;1-2/h3-7,11,13H,8-10,16H2,1-2H3,(H,17,18);2H,1H3. The molecular weight excluding hydrogens is 284 g/mol. The van der Waals surface area contributed by atoms with Gasteiger partial charge in [0.05, 0.1) is 6.54 Å². The van der Waals surface area contributed by atoms with Gasteiger partial charge in [-0.3, -0.25) is 4.79 Å². The Morgan fingerprint density at radius 2 is 1.82 bits per heavy atom. The van der Waals surface area contributed by atoms with E-state index in [0.717, 1.165) is 12.7 Å². The molecule has 4 N–H and O–H groups in total. The number of amides is 1. The first-order valence-electron chi connectivity index (χ1n) is 7.17. The van der Waals surface area contributed by atoms with E-state index in [1.54, 1.807) is 0 Å². The van der Waals surface area contributed by atoms with Crippen LogP contribution in [0.4, 0.5) is 0 Å². The van der Waals surface area contributed by atoms with Gasteiger partial charge in [0, 0.05) is 7.11 Å². The van der Waals surface area contributed by atoms with E-state index >= 15 is 0 Å². The first-order valence-corrected chi connectivity index (χ1v) is 7.17. The molecule has 0 radical (unpaired) electrons. The number of esters is 1. The molecule has 0 saturated heterocycles. The second-order valence-corrected chi connectivity index (χ2v) is 5.05. The fraction of sp³-hybridized carbons (Fsp3) is 0.500. The molecular formula is C16H26N2O4. The average Bonchev–Trinajstić information content (AvgIpc) is 2.54. The second-order valence-electron chi connectivity index (χ2n) is 5.05. The Morgan fingerprint density at radius 1 is 1.23 bits per heavy atom. The van der Waals surface area contributed by atoms with Gasteiger partial charge in [-0.15, -0.1) is 0 Å². The Morgan fingerprint density at radius 3 is 2.32 bits per heavy atom. The number of hydrogen-bond acceptors (Lipinski definition) is 5. The number of aliphatic hydroxyl groups is 1. The maximum absolute atomic E-state index is 12.0. The molecule has 0 spiro atoms. The molecule has 0 bridgehead atoms. The molecule has 1 aromatic rings. The molecule has 1 amide bonds. The maximum atomic E-state index is 12.0. The molecule has 0 aromatic heterocycles. The van der Waals surface area contributed by atoms with Gasteiger partial charge in [-0.2, -0.15) is 0 Å². The Bertz CT molecular complexity index is 435. The number of rotatable bonds is 7. The molecule has 0 aliphatic heterocycles. The van der Waals surface area contributed by atoms with Crippen molar-refractivity contribution in [1.82, 2.24) is 5.32 Å². The van der Waals surface area contributed by atoms with Gasteiger partial charge < -0.3 is 20.9 Å². The highest BCUT2D eigenvalue weighted by Gasteiger charge is 2.22. The predicted molar refractivity (Wildman–Crippen MR) is 84.8 cm³/mol. The summed E-state index contributed by atoms with van der Waals surface area (Å²) in [5, 5.41) is 9.60. The molecule has 0 heterocycles. The lowest BCUT2D eigenvalue weighted by atomic mass is 10.0. The Kier molecular flexibility index (Phi) is 10.7. The number of benzene rings is 1. The Labute approximate surface area is 131 Å². The third-order valence-corrected chi connectivity index (χ3v) is 2.74. The van der Waals surface area contributed by atoms with Crippen molar-refractivity contribution in [3.05, 3.63) is 35.9 Å². The monoisotopic (exact) mass is 310 g/mol. The van der Waals surface area contributed by atoms with Crippen LogP contribution in [0.1, 0.15) is 25.8 Å². The zero-order valence-corrected chi connectivity index (χ0v) is 13.4. The third-order valence-electron chi connectivity index (χ3n) is 2.74. The maximum Gasteiger partial charge on any atom is 0.328 e. The summed E-state index contributed by atoms with van der Waals surface area (Å²) in [6.45, 7) is 4.02. The molecule has 0 fully saturated rings. The summed E-state index contributed by atoms with van der Waals surface area (Å²) in [4.78, 5) is 23.4. The van der Waals surface area contributed by atoms with Crippen LogP contribution in [0, 0.1) is 5.92 Å². The van der Waals surface area contributed by atoms with Crippen LogP contribution in [-0.4, -0.2) is 36.7 Å². The molecule has 22 heavy (non-hydrogen) atoms. The largest absolute Gasteiger partial charge is 0.459 e. The van der Waals surface area contributed by atoms with Gasteiger partial charge in [0.1, 0.15) is 12.6 Å². The number of ether oxygens (including phenoxy) is 1. The normalized spacial score (nSPS) is 11.2. The van der Waals surface area contributed by atoms with Crippen LogP contribution >= 0.6 is 0 Å². The van der Waals surface area contributed by atoms with Crippen molar-refractivity contribution in [2.75, 3.05) is 13.7 Å². The smallest absolute Gasteiger partial charge is 0.328 e. The molecule has 1 rings (SSSR count). The number of hydrogen-bond donors (Lipinski definition) is 3. The minimum atomic E-state index is -0.644. The third kappa shape index (κ3) is 8.39. The van der Waals surface area contributed by atoms with E-state index in [1.807, 2.05) is 44.2 Å². The lowest BCUT2D eigenvalue weighted by Gasteiger charge is -2.19. The SMILES string of the molecule is CC(C)CC(NC(=O)CN)C(=O)OCc1ccccc1.CO. The van der Waals surface area contributed by atoms with E-state index < -0.39 is 12.0 Å². The van der Waals surface area contributed by atoms with Crippen molar-refractivity contribution in [1.29, 1.82) is 0 Å². The van der Waals surface area contributed by atoms with Gasteiger partial charge in [-0.1, -0.05) is 44.2 Å². The minimum absolute atomic E-state index is 0.138. The van der Waals surface area contributed by atoms with Gasteiger partial charge in [0.2, 0.25) is 5.91 Å². The van der Waals surface area contributed by atoms with Crippen LogP contribution in [0.5, 0.6) is 0 Å². The van der Waals surface area contributed by atoms with Crippen molar-refractivity contribution in [2.24, 2.45) is 11.7 Å². The van der Waals surface area contributed by atoms with E-state index in [0.29, 0.717) is 6.42 Å². The van der Waals surface area contributed by atoms with Crippen molar-refractivity contribution >= 4 is 11.9 Å². The molecule has 0 saturated carbocycles. The average molecular weight is 310 g/mol. The molecule has 1 aromatic carbocycles. The van der Waals surface area contributed by atoms with Crippen LogP contribution in [-0.2, 0) is 20.9 Å². The molecule has 1 unspecified atom stereocenters. The van der Waals surface area contributed by atoms with Crippen LogP contribution in [0.25, 0.3) is 0 Å². The summed E-state index contributed by atoms with van der Waals surface area (Å²) < 4.78 is 5.24. The topological polar surface area (TPSA) is 102 Å². The summed E-state index contributed by atoms with van der Waals surface area (Å²) >= 11 is 0. The molecule has 1 atom stereocenters. The van der Waals surface area contributed by atoms with Gasteiger partial charge in [0.25, 0.3) is 0 Å². The molecule has 6 nitrogen and oxygen atoms in total. The Balaban J connectivity index is 0.00000211. The van der Waals surface area contributed by atoms with E-state index in [-0.39, 0.29) is 25.0 Å². The van der Waals surface area contributed by atoms with Crippen LogP contribution < -0.4 is 11.1 Å². The van der Waals surface area contributed by atoms with E-state index in [2.05, 4.69) is 5.32 Å². The minimum Gasteiger partial charge on any atom is -0.459 e. The molecule has 0 aliphatic carbocycles. The van der Waals surface area contributed by atoms with Gasteiger partial charge >= 0.3 is 5.97 Å². The summed E-state index contributed by atoms with van der Waals surface area (Å²) in [6.07, 6.45) is 0.527. The Hall–Kier alpha value is -1.92. The fourth-order valence-electron chi connectivity index (χ4n) is 1.77. The van der Waals surface area contributed by atoms with Crippen molar-refractivity contribution in [3.63, 3.8) is 0 Å².